The highest BCUT2D eigenvalue weighted by atomic mass is 16.6. The number of hydrogen-bond acceptors (Lipinski definition) is 5. The first-order valence-electron chi connectivity index (χ1n) is 10.2. The minimum Gasteiger partial charge on any atom is -0.456 e. The Morgan fingerprint density at radius 3 is 2.25 bits per heavy atom. The molecule has 2 aliphatic rings. The molecular formula is C23H36O5. The molecule has 0 aliphatic heterocycles. The van der Waals surface area contributed by atoms with Crippen LogP contribution in [0.25, 0.3) is 0 Å². The average molecular weight is 393 g/mol. The molecule has 0 saturated heterocycles. The third-order valence-electron chi connectivity index (χ3n) is 7.19. The van der Waals surface area contributed by atoms with Crippen LogP contribution in [-0.2, 0) is 14.3 Å². The second kappa shape index (κ2) is 7.75. The van der Waals surface area contributed by atoms with Gasteiger partial charge in [0.15, 0.2) is 5.78 Å². The summed E-state index contributed by atoms with van der Waals surface area (Å²) < 4.78 is 5.83. The number of allylic oxidation sites excluding steroid dienone is 2. The van der Waals surface area contributed by atoms with Gasteiger partial charge in [-0.2, -0.15) is 0 Å². The third-order valence-corrected chi connectivity index (χ3v) is 7.19. The molecule has 6 atom stereocenters. The number of rotatable bonds is 4. The smallest absolute Gasteiger partial charge is 0.333 e. The molecule has 2 fully saturated rings. The summed E-state index contributed by atoms with van der Waals surface area (Å²) in [5.74, 6) is -1.15. The summed E-state index contributed by atoms with van der Waals surface area (Å²) in [6, 6.07) is 0. The van der Waals surface area contributed by atoms with Crippen molar-refractivity contribution in [1.29, 1.82) is 0 Å². The summed E-state index contributed by atoms with van der Waals surface area (Å²) in [7, 11) is 0. The molecule has 0 unspecified atom stereocenters. The SMILES string of the molecule is C/C=C(/C)C(=O)O[C@H]1[C@H](O)[C@@](C)(O)[C@H](/C=C/C(C)=O)[C@@]2(C)CCCC(C)(C)[C@H]12. The molecule has 0 aromatic heterocycles. The topological polar surface area (TPSA) is 83.8 Å². The van der Waals surface area contributed by atoms with E-state index in [9.17, 15) is 19.8 Å². The van der Waals surface area contributed by atoms with Gasteiger partial charge in [-0.15, -0.1) is 0 Å². The average Bonchev–Trinajstić information content (AvgIpc) is 2.57. The Labute approximate surface area is 168 Å². The van der Waals surface area contributed by atoms with Crippen LogP contribution >= 0.6 is 0 Å². The van der Waals surface area contributed by atoms with Crippen molar-refractivity contribution in [1.82, 2.24) is 0 Å². The van der Waals surface area contributed by atoms with Gasteiger partial charge in [-0.05, 0) is 57.4 Å². The number of fused-ring (bicyclic) bond motifs is 1. The lowest BCUT2D eigenvalue weighted by atomic mass is 9.44. The van der Waals surface area contributed by atoms with Gasteiger partial charge in [0.1, 0.15) is 12.2 Å². The molecule has 0 spiro atoms. The maximum atomic E-state index is 12.5. The monoisotopic (exact) mass is 392 g/mol. The summed E-state index contributed by atoms with van der Waals surface area (Å²) in [6.07, 6.45) is 5.58. The molecule has 0 amide bonds. The molecule has 0 bridgehead atoms. The first-order chi connectivity index (χ1) is 12.8. The van der Waals surface area contributed by atoms with E-state index >= 15 is 0 Å². The van der Waals surface area contributed by atoms with E-state index in [2.05, 4.69) is 20.8 Å². The van der Waals surface area contributed by atoms with Gasteiger partial charge in [0, 0.05) is 17.4 Å². The molecule has 0 heterocycles. The van der Waals surface area contributed by atoms with E-state index in [4.69, 9.17) is 4.74 Å². The molecule has 0 aromatic carbocycles. The van der Waals surface area contributed by atoms with E-state index < -0.39 is 35.1 Å². The van der Waals surface area contributed by atoms with Crippen molar-refractivity contribution in [2.45, 2.75) is 85.5 Å². The molecule has 0 radical (unpaired) electrons. The van der Waals surface area contributed by atoms with Crippen LogP contribution in [0, 0.1) is 22.7 Å². The van der Waals surface area contributed by atoms with E-state index in [0.29, 0.717) is 5.57 Å². The number of ether oxygens (including phenoxy) is 1. The van der Waals surface area contributed by atoms with Gasteiger partial charge < -0.3 is 14.9 Å². The zero-order valence-electron chi connectivity index (χ0n) is 18.3. The van der Waals surface area contributed by atoms with Crippen LogP contribution in [0.3, 0.4) is 0 Å². The molecule has 2 aliphatic carbocycles. The third kappa shape index (κ3) is 3.84. The second-order valence-electron chi connectivity index (χ2n) is 9.79. The van der Waals surface area contributed by atoms with Gasteiger partial charge in [0.05, 0.1) is 5.60 Å². The molecule has 158 valence electrons. The first-order valence-corrected chi connectivity index (χ1v) is 10.2. The lowest BCUT2D eigenvalue weighted by Crippen LogP contribution is -2.70. The maximum Gasteiger partial charge on any atom is 0.333 e. The zero-order chi connectivity index (χ0) is 21.5. The standard InChI is InChI=1S/C23H36O5/c1-8-14(2)20(26)28-17-18-21(4,5)12-9-13-22(18,6)16(11-10-15(3)24)23(7,27)19(17)25/h8,10-11,16-19,25,27H,9,12-13H2,1-7H3/b11-10+,14-8-/t16-,17-,18+,19+,22-,23+/m1/s1. The Morgan fingerprint density at radius 1 is 1.11 bits per heavy atom. The fourth-order valence-electron chi connectivity index (χ4n) is 5.78. The number of ketones is 1. The lowest BCUT2D eigenvalue weighted by molar-refractivity contribution is -0.260. The van der Waals surface area contributed by atoms with Gasteiger partial charge >= 0.3 is 5.97 Å². The van der Waals surface area contributed by atoms with E-state index in [1.807, 2.05) is 0 Å². The summed E-state index contributed by atoms with van der Waals surface area (Å²) in [5.41, 5.74) is -1.67. The Morgan fingerprint density at radius 2 is 1.71 bits per heavy atom. The highest BCUT2D eigenvalue weighted by Crippen LogP contribution is 2.63. The first kappa shape index (κ1) is 22.8. The largest absolute Gasteiger partial charge is 0.456 e. The zero-order valence-corrected chi connectivity index (χ0v) is 18.3. The number of aliphatic hydroxyl groups excluding tert-OH is 1. The van der Waals surface area contributed by atoms with Crippen molar-refractivity contribution in [3.05, 3.63) is 23.8 Å². The van der Waals surface area contributed by atoms with Crippen molar-refractivity contribution in [2.24, 2.45) is 22.7 Å². The normalized spacial score (nSPS) is 40.8. The Hall–Kier alpha value is -1.46. The Kier molecular flexibility index (Phi) is 6.32. The second-order valence-corrected chi connectivity index (χ2v) is 9.79. The van der Waals surface area contributed by atoms with E-state index in [0.717, 1.165) is 19.3 Å². The van der Waals surface area contributed by atoms with Crippen molar-refractivity contribution in [3.8, 4) is 0 Å². The number of hydrogen-bond donors (Lipinski definition) is 2. The Bertz CT molecular complexity index is 687. The molecule has 2 saturated carbocycles. The van der Waals surface area contributed by atoms with Crippen LogP contribution in [0.4, 0.5) is 0 Å². The molecule has 0 aromatic rings. The van der Waals surface area contributed by atoms with Gasteiger partial charge in [-0.1, -0.05) is 39.3 Å². The predicted molar refractivity (Wildman–Crippen MR) is 108 cm³/mol. The number of esters is 1. The van der Waals surface area contributed by atoms with Crippen LogP contribution in [0.15, 0.2) is 23.8 Å². The fraction of sp³-hybridized carbons (Fsp3) is 0.739. The maximum absolute atomic E-state index is 12.5. The predicted octanol–water partition coefficient (Wildman–Crippen LogP) is 3.58. The molecule has 28 heavy (non-hydrogen) atoms. The quantitative estimate of drug-likeness (QED) is 0.564. The number of carbonyl (C=O) groups is 2. The fourth-order valence-corrected chi connectivity index (χ4v) is 5.78. The van der Waals surface area contributed by atoms with Crippen LogP contribution < -0.4 is 0 Å². The summed E-state index contributed by atoms with van der Waals surface area (Å²) >= 11 is 0. The van der Waals surface area contributed by atoms with Crippen molar-refractivity contribution < 1.29 is 24.5 Å². The minimum atomic E-state index is -1.53. The van der Waals surface area contributed by atoms with Gasteiger partial charge in [-0.25, -0.2) is 4.79 Å². The van der Waals surface area contributed by atoms with Crippen molar-refractivity contribution in [3.63, 3.8) is 0 Å². The summed E-state index contributed by atoms with van der Waals surface area (Å²) in [5, 5.41) is 22.5. The molecular weight excluding hydrogens is 356 g/mol. The highest BCUT2D eigenvalue weighted by molar-refractivity contribution is 5.88. The summed E-state index contributed by atoms with van der Waals surface area (Å²) in [4.78, 5) is 24.1. The summed E-state index contributed by atoms with van der Waals surface area (Å²) in [6.45, 7) is 12.9. The van der Waals surface area contributed by atoms with Crippen molar-refractivity contribution >= 4 is 11.8 Å². The molecule has 5 heteroatoms. The number of carbonyl (C=O) groups excluding carboxylic acids is 2. The van der Waals surface area contributed by atoms with Gasteiger partial charge in [-0.3, -0.25) is 4.79 Å². The molecule has 2 rings (SSSR count). The lowest BCUT2D eigenvalue weighted by Gasteiger charge is -2.63. The highest BCUT2D eigenvalue weighted by Gasteiger charge is 2.66. The van der Waals surface area contributed by atoms with Gasteiger partial charge in [0.25, 0.3) is 0 Å². The van der Waals surface area contributed by atoms with Crippen LogP contribution in [0.1, 0.15) is 67.7 Å². The number of aliphatic hydroxyl groups is 2. The van der Waals surface area contributed by atoms with E-state index in [1.54, 1.807) is 32.9 Å². The molecule has 2 N–H and O–H groups in total. The van der Waals surface area contributed by atoms with E-state index in [1.165, 1.54) is 13.0 Å². The minimum absolute atomic E-state index is 0.0993. The Balaban J connectivity index is 2.60. The molecule has 5 nitrogen and oxygen atoms in total. The van der Waals surface area contributed by atoms with Gasteiger partial charge in [0.2, 0.25) is 0 Å². The van der Waals surface area contributed by atoms with E-state index in [-0.39, 0.29) is 17.1 Å². The van der Waals surface area contributed by atoms with Crippen molar-refractivity contribution in [2.75, 3.05) is 0 Å². The van der Waals surface area contributed by atoms with Crippen LogP contribution in [-0.4, -0.2) is 39.8 Å². The van der Waals surface area contributed by atoms with Crippen LogP contribution in [0.5, 0.6) is 0 Å². The van der Waals surface area contributed by atoms with Crippen LogP contribution in [0.2, 0.25) is 0 Å².